The predicted molar refractivity (Wildman–Crippen MR) is 56.9 cm³/mol. The first-order valence-corrected chi connectivity index (χ1v) is 4.71. The Kier molecular flexibility index (Phi) is 2.61. The van der Waals surface area contributed by atoms with Crippen molar-refractivity contribution in [3.05, 3.63) is 47.5 Å². The van der Waals surface area contributed by atoms with Gasteiger partial charge in [0.1, 0.15) is 17.6 Å². The Morgan fingerprint density at radius 1 is 1.19 bits per heavy atom. The normalized spacial score (nSPS) is 9.81. The molecule has 0 radical (unpaired) electrons. The second kappa shape index (κ2) is 4.07. The first-order valence-electron chi connectivity index (χ1n) is 4.71. The molecule has 0 saturated heterocycles. The fourth-order valence-corrected chi connectivity index (χ4v) is 1.35. The molecule has 0 saturated carbocycles. The minimum Gasteiger partial charge on any atom is -0.233 e. The highest BCUT2D eigenvalue weighted by molar-refractivity contribution is 5.55. The number of aryl methyl sites for hydroxylation is 1. The SMILES string of the molecule is Cc1cc(C#N)nc(-c2ccc(F)cc2)n1. The summed E-state index contributed by atoms with van der Waals surface area (Å²) in [4.78, 5) is 8.25. The fourth-order valence-electron chi connectivity index (χ4n) is 1.35. The lowest BCUT2D eigenvalue weighted by atomic mass is 10.2. The smallest absolute Gasteiger partial charge is 0.160 e. The summed E-state index contributed by atoms with van der Waals surface area (Å²) in [6.45, 7) is 1.79. The summed E-state index contributed by atoms with van der Waals surface area (Å²) in [5.41, 5.74) is 1.72. The van der Waals surface area contributed by atoms with Gasteiger partial charge in [-0.1, -0.05) is 0 Å². The Balaban J connectivity index is 2.52. The molecule has 0 unspecified atom stereocenters. The number of rotatable bonds is 1. The van der Waals surface area contributed by atoms with Crippen molar-refractivity contribution in [1.29, 1.82) is 5.26 Å². The van der Waals surface area contributed by atoms with E-state index in [-0.39, 0.29) is 5.82 Å². The summed E-state index contributed by atoms with van der Waals surface area (Å²) < 4.78 is 12.7. The van der Waals surface area contributed by atoms with Crippen LogP contribution in [0.5, 0.6) is 0 Å². The lowest BCUT2D eigenvalue weighted by Gasteiger charge is -2.01. The standard InChI is InChI=1S/C12H8FN3/c1-8-6-11(7-14)16-12(15-8)9-2-4-10(13)5-3-9/h2-6H,1H3. The van der Waals surface area contributed by atoms with Gasteiger partial charge in [-0.15, -0.1) is 0 Å². The summed E-state index contributed by atoms with van der Waals surface area (Å²) in [6, 6.07) is 9.43. The van der Waals surface area contributed by atoms with E-state index in [1.54, 1.807) is 25.1 Å². The van der Waals surface area contributed by atoms with E-state index in [1.807, 2.05) is 6.07 Å². The van der Waals surface area contributed by atoms with Gasteiger partial charge in [0.25, 0.3) is 0 Å². The molecular formula is C12H8FN3. The highest BCUT2D eigenvalue weighted by Gasteiger charge is 2.04. The Morgan fingerprint density at radius 3 is 2.50 bits per heavy atom. The van der Waals surface area contributed by atoms with Crippen molar-refractivity contribution in [3.63, 3.8) is 0 Å². The Morgan fingerprint density at radius 2 is 1.88 bits per heavy atom. The fraction of sp³-hybridized carbons (Fsp3) is 0.0833. The zero-order valence-electron chi connectivity index (χ0n) is 8.61. The van der Waals surface area contributed by atoms with Gasteiger partial charge < -0.3 is 0 Å². The molecule has 0 fully saturated rings. The molecule has 0 atom stereocenters. The molecule has 0 bridgehead atoms. The van der Waals surface area contributed by atoms with E-state index >= 15 is 0 Å². The van der Waals surface area contributed by atoms with Crippen molar-refractivity contribution in [1.82, 2.24) is 9.97 Å². The summed E-state index contributed by atoms with van der Waals surface area (Å²) in [7, 11) is 0. The molecule has 2 aromatic rings. The van der Waals surface area contributed by atoms with E-state index in [2.05, 4.69) is 9.97 Å². The molecule has 1 aromatic heterocycles. The van der Waals surface area contributed by atoms with E-state index in [0.717, 1.165) is 0 Å². The number of aromatic nitrogens is 2. The van der Waals surface area contributed by atoms with Crippen LogP contribution in [0.25, 0.3) is 11.4 Å². The molecule has 1 heterocycles. The van der Waals surface area contributed by atoms with Crippen LogP contribution in [0.2, 0.25) is 0 Å². The van der Waals surface area contributed by atoms with E-state index in [1.165, 1.54) is 12.1 Å². The largest absolute Gasteiger partial charge is 0.233 e. The maximum Gasteiger partial charge on any atom is 0.160 e. The second-order valence-corrected chi connectivity index (χ2v) is 3.34. The third-order valence-corrected chi connectivity index (χ3v) is 2.07. The molecule has 0 aliphatic heterocycles. The van der Waals surface area contributed by atoms with Crippen LogP contribution in [-0.4, -0.2) is 9.97 Å². The molecule has 0 aliphatic carbocycles. The molecule has 0 spiro atoms. The minimum absolute atomic E-state index is 0.308. The number of hydrogen-bond acceptors (Lipinski definition) is 3. The lowest BCUT2D eigenvalue weighted by molar-refractivity contribution is 0.628. The second-order valence-electron chi connectivity index (χ2n) is 3.34. The van der Waals surface area contributed by atoms with Crippen molar-refractivity contribution in [2.75, 3.05) is 0 Å². The molecular weight excluding hydrogens is 205 g/mol. The van der Waals surface area contributed by atoms with Crippen LogP contribution in [0.3, 0.4) is 0 Å². The number of halogens is 1. The maximum absolute atomic E-state index is 12.7. The third-order valence-electron chi connectivity index (χ3n) is 2.07. The van der Waals surface area contributed by atoms with Gasteiger partial charge in [-0.2, -0.15) is 5.26 Å². The molecule has 4 heteroatoms. The van der Waals surface area contributed by atoms with Crippen LogP contribution in [-0.2, 0) is 0 Å². The number of nitrogens with zero attached hydrogens (tertiary/aromatic N) is 3. The van der Waals surface area contributed by atoms with E-state index < -0.39 is 0 Å². The first kappa shape index (κ1) is 10.2. The van der Waals surface area contributed by atoms with Crippen LogP contribution < -0.4 is 0 Å². The van der Waals surface area contributed by atoms with Gasteiger partial charge >= 0.3 is 0 Å². The van der Waals surface area contributed by atoms with Gasteiger partial charge in [0, 0.05) is 11.3 Å². The summed E-state index contributed by atoms with van der Waals surface area (Å²) in [6.07, 6.45) is 0. The van der Waals surface area contributed by atoms with Crippen LogP contribution >= 0.6 is 0 Å². The molecule has 0 N–H and O–H groups in total. The Hall–Kier alpha value is -2.28. The van der Waals surface area contributed by atoms with Gasteiger partial charge in [0.05, 0.1) is 0 Å². The van der Waals surface area contributed by atoms with Gasteiger partial charge in [-0.05, 0) is 37.3 Å². The topological polar surface area (TPSA) is 49.6 Å². The number of hydrogen-bond donors (Lipinski definition) is 0. The molecule has 2 rings (SSSR count). The molecule has 3 nitrogen and oxygen atoms in total. The van der Waals surface area contributed by atoms with Gasteiger partial charge in [-0.3, -0.25) is 0 Å². The highest BCUT2D eigenvalue weighted by Crippen LogP contribution is 2.16. The van der Waals surface area contributed by atoms with Crippen molar-refractivity contribution in [2.24, 2.45) is 0 Å². The van der Waals surface area contributed by atoms with Gasteiger partial charge in [0.15, 0.2) is 5.82 Å². The summed E-state index contributed by atoms with van der Waals surface area (Å²) >= 11 is 0. The average molecular weight is 213 g/mol. The Bertz CT molecular complexity index is 555. The predicted octanol–water partition coefficient (Wildman–Crippen LogP) is 2.46. The van der Waals surface area contributed by atoms with Crippen LogP contribution in [0, 0.1) is 24.1 Å². The average Bonchev–Trinajstić information content (AvgIpc) is 2.29. The minimum atomic E-state index is -0.308. The zero-order valence-corrected chi connectivity index (χ0v) is 8.61. The molecule has 16 heavy (non-hydrogen) atoms. The van der Waals surface area contributed by atoms with Gasteiger partial charge in [-0.25, -0.2) is 14.4 Å². The van der Waals surface area contributed by atoms with Crippen molar-refractivity contribution < 1.29 is 4.39 Å². The summed E-state index contributed by atoms with van der Waals surface area (Å²) in [5.74, 6) is 0.133. The van der Waals surface area contributed by atoms with Crippen LogP contribution in [0.15, 0.2) is 30.3 Å². The first-order chi connectivity index (χ1) is 7.69. The van der Waals surface area contributed by atoms with Crippen LogP contribution in [0.4, 0.5) is 4.39 Å². The number of benzene rings is 1. The van der Waals surface area contributed by atoms with E-state index in [4.69, 9.17) is 5.26 Å². The molecule has 0 amide bonds. The van der Waals surface area contributed by atoms with Gasteiger partial charge in [0.2, 0.25) is 0 Å². The number of nitriles is 1. The maximum atomic E-state index is 12.7. The highest BCUT2D eigenvalue weighted by atomic mass is 19.1. The third kappa shape index (κ3) is 2.04. The summed E-state index contributed by atoms with van der Waals surface area (Å²) in [5, 5.41) is 8.78. The quantitative estimate of drug-likeness (QED) is 0.731. The zero-order chi connectivity index (χ0) is 11.5. The lowest BCUT2D eigenvalue weighted by Crippen LogP contribution is -1.94. The van der Waals surface area contributed by atoms with Crippen molar-refractivity contribution >= 4 is 0 Å². The van der Waals surface area contributed by atoms with Crippen molar-refractivity contribution in [3.8, 4) is 17.5 Å². The molecule has 0 aliphatic rings. The molecule has 1 aromatic carbocycles. The van der Waals surface area contributed by atoms with Crippen LogP contribution in [0.1, 0.15) is 11.4 Å². The monoisotopic (exact) mass is 213 g/mol. The Labute approximate surface area is 92.2 Å². The van der Waals surface area contributed by atoms with Crippen molar-refractivity contribution in [2.45, 2.75) is 6.92 Å². The molecule has 78 valence electrons. The van der Waals surface area contributed by atoms with E-state index in [9.17, 15) is 4.39 Å². The van der Waals surface area contributed by atoms with E-state index in [0.29, 0.717) is 22.8 Å².